The minimum absolute atomic E-state index is 0. The van der Waals surface area contributed by atoms with E-state index in [1.54, 1.807) is 6.26 Å². The quantitative estimate of drug-likeness (QED) is 0.666. The number of ether oxygens (including phenoxy) is 2. The van der Waals surface area contributed by atoms with Gasteiger partial charge in [0, 0.05) is 41.2 Å². The van der Waals surface area contributed by atoms with Gasteiger partial charge in [0.1, 0.15) is 6.10 Å². The largest absolute Gasteiger partial charge is 0.497 e. The molecule has 4 aliphatic heterocycles. The molecule has 3 N–H and O–H groups in total. The summed E-state index contributed by atoms with van der Waals surface area (Å²) in [7, 11) is 1.42. The molecule has 5 rings (SSSR count). The summed E-state index contributed by atoms with van der Waals surface area (Å²) in [5, 5.41) is 1.18. The van der Waals surface area contributed by atoms with Crippen LogP contribution in [0.3, 0.4) is 0 Å². The average Bonchev–Trinajstić information content (AvgIpc) is 3.06. The van der Waals surface area contributed by atoms with E-state index >= 15 is 0 Å². The summed E-state index contributed by atoms with van der Waals surface area (Å²) < 4.78 is 13.0. The lowest BCUT2D eigenvalue weighted by Crippen LogP contribution is -2.42. The lowest BCUT2D eigenvalue weighted by Gasteiger charge is -2.41. The first-order chi connectivity index (χ1) is 12.7. The van der Waals surface area contributed by atoms with Crippen molar-refractivity contribution < 1.29 is 14.3 Å². The normalized spacial score (nSPS) is 23.6. The molecule has 0 saturated carbocycles. The molecule has 0 radical (unpaired) electrons. The Morgan fingerprint density at radius 2 is 2.11 bits per heavy atom. The fraction of sp³-hybridized carbons (Fsp3) is 0.333. The van der Waals surface area contributed by atoms with Gasteiger partial charge in [0.25, 0.3) is 0 Å². The summed E-state index contributed by atoms with van der Waals surface area (Å²) in [6, 6.07) is 10.4. The van der Waals surface area contributed by atoms with Crippen molar-refractivity contribution in [1.82, 2.24) is 15.7 Å². The molecule has 4 heterocycles. The van der Waals surface area contributed by atoms with Gasteiger partial charge in [-0.2, -0.15) is 0 Å². The molecule has 0 aliphatic carbocycles. The Kier molecular flexibility index (Phi) is 4.15. The van der Waals surface area contributed by atoms with Gasteiger partial charge in [-0.05, 0) is 25.5 Å². The molecule has 0 fully saturated rings. The van der Waals surface area contributed by atoms with Crippen LogP contribution in [0.1, 0.15) is 12.6 Å². The Balaban J connectivity index is 0.00000180. The maximum atomic E-state index is 12.3. The molecule has 27 heavy (non-hydrogen) atoms. The van der Waals surface area contributed by atoms with Crippen molar-refractivity contribution in [3.05, 3.63) is 54.1 Å². The highest BCUT2D eigenvalue weighted by molar-refractivity contribution is 5.98. The third kappa shape index (κ3) is 2.51. The first-order valence-corrected chi connectivity index (χ1v) is 8.97. The molecule has 6 nitrogen and oxygen atoms in total. The topological polar surface area (TPSA) is 88.3 Å². The van der Waals surface area contributed by atoms with Crippen LogP contribution in [0.2, 0.25) is 0 Å². The maximum Gasteiger partial charge on any atom is 0.337 e. The lowest BCUT2D eigenvalue weighted by molar-refractivity contribution is -0.138. The number of methoxy groups -OCH3 is 1. The molecule has 6 heteroatoms. The van der Waals surface area contributed by atoms with E-state index in [0.29, 0.717) is 5.57 Å². The van der Waals surface area contributed by atoms with Crippen molar-refractivity contribution in [1.29, 1.82) is 0 Å². The van der Waals surface area contributed by atoms with Crippen molar-refractivity contribution in [2.45, 2.75) is 26.0 Å². The van der Waals surface area contributed by atoms with Crippen LogP contribution >= 0.6 is 0 Å². The molecule has 3 atom stereocenters. The van der Waals surface area contributed by atoms with Gasteiger partial charge in [0.2, 0.25) is 0 Å². The summed E-state index contributed by atoms with van der Waals surface area (Å²) in [5.41, 5.74) is 5.05. The van der Waals surface area contributed by atoms with Crippen LogP contribution in [0.25, 0.3) is 22.2 Å². The van der Waals surface area contributed by atoms with E-state index in [9.17, 15) is 4.79 Å². The van der Waals surface area contributed by atoms with Gasteiger partial charge in [0.05, 0.1) is 30.2 Å². The summed E-state index contributed by atoms with van der Waals surface area (Å²) >= 11 is 0. The highest BCUT2D eigenvalue weighted by Gasteiger charge is 2.42. The molecule has 0 unspecified atom stereocenters. The Bertz CT molecular complexity index is 1020. The summed E-state index contributed by atoms with van der Waals surface area (Å²) in [5.74, 6) is 0.0400. The molecule has 4 aliphatic rings. The van der Waals surface area contributed by atoms with Crippen LogP contribution in [0.5, 0.6) is 0 Å². The van der Waals surface area contributed by atoms with Crippen LogP contribution in [0.15, 0.2) is 48.4 Å². The number of nitrogens with zero attached hydrogens (tertiary/aromatic N) is 2. The Morgan fingerprint density at radius 1 is 1.30 bits per heavy atom. The zero-order valence-corrected chi connectivity index (χ0v) is 15.5. The first kappa shape index (κ1) is 17.5. The van der Waals surface area contributed by atoms with Gasteiger partial charge in [-0.1, -0.05) is 18.2 Å². The highest BCUT2D eigenvalue weighted by Crippen LogP contribution is 2.42. The monoisotopic (exact) mass is 365 g/mol. The highest BCUT2D eigenvalue weighted by atomic mass is 16.5. The van der Waals surface area contributed by atoms with Crippen molar-refractivity contribution >= 4 is 16.9 Å². The number of esters is 1. The number of rotatable bonds is 1. The number of carbonyl (C=O) groups excluding carboxylic acids is 1. The number of carbonyl (C=O) groups is 1. The molecular weight excluding hydrogens is 342 g/mol. The number of fused-ring (bicyclic) bond motifs is 6. The molecule has 0 bridgehead atoms. The number of aromatic nitrogens is 2. The zero-order chi connectivity index (χ0) is 17.8. The Hall–Kier alpha value is -2.86. The van der Waals surface area contributed by atoms with Crippen LogP contribution < -0.4 is 6.15 Å². The fourth-order valence-electron chi connectivity index (χ4n) is 4.49. The van der Waals surface area contributed by atoms with Crippen molar-refractivity contribution in [3.8, 4) is 11.3 Å². The van der Waals surface area contributed by atoms with E-state index in [1.165, 1.54) is 23.8 Å². The Morgan fingerprint density at radius 3 is 2.93 bits per heavy atom. The zero-order valence-electron chi connectivity index (χ0n) is 15.5. The molecular formula is C21H23N3O3. The molecule has 0 aromatic heterocycles. The molecule has 0 saturated heterocycles. The molecule has 0 spiro atoms. The molecule has 0 amide bonds. The predicted molar refractivity (Wildman–Crippen MR) is 103 cm³/mol. The molecule has 1 aromatic rings. The van der Waals surface area contributed by atoms with E-state index in [2.05, 4.69) is 29.8 Å². The standard InChI is InChI=1S/C21H20N2O3.H3N/c1-12-16-10-23-8-7-14-13-5-3-4-6-18(13)22-20(14)19(23)9-15(16)17(11-26-12)21(24)25-2;/h3-8,11-12,15-16H,9-10H2,1-2H3;1H3/t12-,15-,16+;/m0./s1. The minimum atomic E-state index is -0.298. The first-order valence-electron chi connectivity index (χ1n) is 8.97. The van der Waals surface area contributed by atoms with Crippen molar-refractivity contribution in [3.63, 3.8) is 0 Å². The fourth-order valence-corrected chi connectivity index (χ4v) is 4.49. The van der Waals surface area contributed by atoms with E-state index in [0.717, 1.165) is 24.2 Å². The number of pyridine rings is 1. The van der Waals surface area contributed by atoms with Gasteiger partial charge in [-0.25, -0.2) is 9.78 Å². The van der Waals surface area contributed by atoms with E-state index in [1.807, 2.05) is 18.2 Å². The predicted octanol–water partition coefficient (Wildman–Crippen LogP) is 3.57. The SMILES string of the molecule is COC(=O)C1=CO[C@@H](C)[C@H]2Cn3ccc4c5ccccc5nc-4c3C[C@H]12.N. The average molecular weight is 365 g/mol. The van der Waals surface area contributed by atoms with E-state index < -0.39 is 0 Å². The number of para-hydroxylation sites is 1. The van der Waals surface area contributed by atoms with Crippen LogP contribution in [-0.2, 0) is 27.2 Å². The third-order valence-corrected chi connectivity index (χ3v) is 5.89. The van der Waals surface area contributed by atoms with Crippen LogP contribution in [-0.4, -0.2) is 28.7 Å². The van der Waals surface area contributed by atoms with E-state index in [4.69, 9.17) is 14.5 Å². The van der Waals surface area contributed by atoms with Gasteiger partial charge >= 0.3 is 5.97 Å². The summed E-state index contributed by atoms with van der Waals surface area (Å²) in [4.78, 5) is 17.1. The van der Waals surface area contributed by atoms with Crippen LogP contribution in [0.4, 0.5) is 0 Å². The molecule has 140 valence electrons. The van der Waals surface area contributed by atoms with Crippen molar-refractivity contribution in [2.75, 3.05) is 7.11 Å². The Labute approximate surface area is 157 Å². The maximum absolute atomic E-state index is 12.3. The second kappa shape index (κ2) is 6.39. The second-order valence-corrected chi connectivity index (χ2v) is 7.19. The smallest absolute Gasteiger partial charge is 0.337 e. The van der Waals surface area contributed by atoms with Gasteiger partial charge in [0.15, 0.2) is 0 Å². The third-order valence-electron chi connectivity index (χ3n) is 5.89. The molecule has 1 aromatic carbocycles. The van der Waals surface area contributed by atoms with E-state index in [-0.39, 0.29) is 30.1 Å². The van der Waals surface area contributed by atoms with Crippen LogP contribution in [0, 0.1) is 11.8 Å². The minimum Gasteiger partial charge on any atom is -0.497 e. The lowest BCUT2D eigenvalue weighted by atomic mass is 9.75. The summed E-state index contributed by atoms with van der Waals surface area (Å²) in [6.45, 7) is 2.88. The van der Waals surface area contributed by atoms with Crippen molar-refractivity contribution in [2.24, 2.45) is 11.8 Å². The number of benzene rings is 1. The van der Waals surface area contributed by atoms with Gasteiger partial charge in [-0.3, -0.25) is 0 Å². The van der Waals surface area contributed by atoms with Gasteiger partial charge in [-0.15, -0.1) is 0 Å². The number of hydrogen-bond acceptors (Lipinski definition) is 5. The van der Waals surface area contributed by atoms with Gasteiger partial charge < -0.3 is 20.2 Å². The second-order valence-electron chi connectivity index (χ2n) is 7.19. The number of hydrogen-bond donors (Lipinski definition) is 1. The summed E-state index contributed by atoms with van der Waals surface area (Å²) in [6.07, 6.45) is 4.57.